The van der Waals surface area contributed by atoms with Gasteiger partial charge in [0.1, 0.15) is 12.4 Å². The lowest BCUT2D eigenvalue weighted by Crippen LogP contribution is -2.31. The third-order valence-corrected chi connectivity index (χ3v) is 3.24. The van der Waals surface area contributed by atoms with Gasteiger partial charge in [-0.05, 0) is 25.5 Å². The Kier molecular flexibility index (Phi) is 4.17. The molecule has 1 heterocycles. The average molecular weight is 271 g/mol. The zero-order valence-corrected chi connectivity index (χ0v) is 11.1. The minimum atomic E-state index is -1.02. The Balaban J connectivity index is 2.36. The fourth-order valence-electron chi connectivity index (χ4n) is 2.10. The van der Waals surface area contributed by atoms with Gasteiger partial charge < -0.3 is 19.5 Å². The largest absolute Gasteiger partial charge is 0.495 e. The standard InChI is InChI=1S/C12H16BClO4/c1-3-9-11-8(14)4-5-10(17-6-7(2)15)12(11)13(16)18-9/h4-5,7,9,15-16H,3,6H2,1-2H3. The molecular formula is C12H16BClO4. The van der Waals surface area contributed by atoms with E-state index >= 15 is 0 Å². The molecule has 1 aromatic carbocycles. The Bertz CT molecular complexity index is 438. The van der Waals surface area contributed by atoms with Crippen molar-refractivity contribution >= 4 is 24.2 Å². The molecule has 0 aromatic heterocycles. The summed E-state index contributed by atoms with van der Waals surface area (Å²) in [5.74, 6) is 0.513. The summed E-state index contributed by atoms with van der Waals surface area (Å²) in [6.45, 7) is 3.77. The summed E-state index contributed by atoms with van der Waals surface area (Å²) in [7, 11) is -1.02. The van der Waals surface area contributed by atoms with Crippen LogP contribution in [-0.4, -0.2) is 30.0 Å². The van der Waals surface area contributed by atoms with Crippen molar-refractivity contribution in [3.8, 4) is 5.75 Å². The van der Waals surface area contributed by atoms with Crippen molar-refractivity contribution in [3.05, 3.63) is 22.7 Å². The van der Waals surface area contributed by atoms with E-state index in [1.54, 1.807) is 19.1 Å². The lowest BCUT2D eigenvalue weighted by atomic mass is 9.78. The molecule has 0 saturated carbocycles. The summed E-state index contributed by atoms with van der Waals surface area (Å²) >= 11 is 6.15. The predicted molar refractivity (Wildman–Crippen MR) is 70.4 cm³/mol. The van der Waals surface area contributed by atoms with Gasteiger partial charge in [-0.15, -0.1) is 0 Å². The molecule has 0 fully saturated rings. The molecule has 0 amide bonds. The molecule has 1 aliphatic heterocycles. The number of halogens is 1. The number of aliphatic hydroxyl groups is 1. The number of benzene rings is 1. The highest BCUT2D eigenvalue weighted by Gasteiger charge is 2.38. The highest BCUT2D eigenvalue weighted by molar-refractivity contribution is 6.63. The Morgan fingerprint density at radius 1 is 1.56 bits per heavy atom. The van der Waals surface area contributed by atoms with Crippen LogP contribution >= 0.6 is 11.6 Å². The van der Waals surface area contributed by atoms with Crippen molar-refractivity contribution < 1.29 is 19.5 Å². The van der Waals surface area contributed by atoms with Crippen LogP contribution in [0.15, 0.2) is 12.1 Å². The van der Waals surface area contributed by atoms with Crippen LogP contribution in [-0.2, 0) is 4.65 Å². The SMILES string of the molecule is CCC1OB(O)c2c(OCC(C)O)ccc(Cl)c21. The van der Waals surface area contributed by atoms with Gasteiger partial charge in [-0.1, -0.05) is 18.5 Å². The first-order valence-corrected chi connectivity index (χ1v) is 6.39. The first-order chi connectivity index (χ1) is 8.54. The van der Waals surface area contributed by atoms with E-state index in [2.05, 4.69) is 0 Å². The zero-order chi connectivity index (χ0) is 13.3. The van der Waals surface area contributed by atoms with E-state index in [-0.39, 0.29) is 12.7 Å². The van der Waals surface area contributed by atoms with Crippen LogP contribution in [0, 0.1) is 0 Å². The number of fused-ring (bicyclic) bond motifs is 1. The molecule has 0 bridgehead atoms. The molecule has 2 unspecified atom stereocenters. The highest BCUT2D eigenvalue weighted by Crippen LogP contribution is 2.35. The van der Waals surface area contributed by atoms with Crippen molar-refractivity contribution in [2.45, 2.75) is 32.5 Å². The Morgan fingerprint density at radius 2 is 2.28 bits per heavy atom. The Labute approximate surface area is 112 Å². The van der Waals surface area contributed by atoms with Crippen LogP contribution in [0.2, 0.25) is 5.02 Å². The summed E-state index contributed by atoms with van der Waals surface area (Å²) in [5, 5.41) is 19.7. The van der Waals surface area contributed by atoms with Crippen LogP contribution in [0.3, 0.4) is 0 Å². The van der Waals surface area contributed by atoms with Crippen molar-refractivity contribution in [2.24, 2.45) is 0 Å². The second-order valence-electron chi connectivity index (χ2n) is 4.42. The van der Waals surface area contributed by atoms with Crippen molar-refractivity contribution in [2.75, 3.05) is 6.61 Å². The first kappa shape index (κ1) is 13.7. The summed E-state index contributed by atoms with van der Waals surface area (Å²) < 4.78 is 10.9. The summed E-state index contributed by atoms with van der Waals surface area (Å²) in [5.41, 5.74) is 1.37. The lowest BCUT2D eigenvalue weighted by Gasteiger charge is -2.14. The number of rotatable bonds is 4. The minimum Gasteiger partial charge on any atom is -0.491 e. The van der Waals surface area contributed by atoms with Gasteiger partial charge in [-0.25, -0.2) is 0 Å². The molecule has 2 atom stereocenters. The smallest absolute Gasteiger partial charge is 0.491 e. The third kappa shape index (κ3) is 2.49. The number of ether oxygens (including phenoxy) is 1. The molecule has 0 saturated heterocycles. The van der Waals surface area contributed by atoms with E-state index < -0.39 is 13.2 Å². The summed E-state index contributed by atoms with van der Waals surface area (Å²) in [6, 6.07) is 3.41. The van der Waals surface area contributed by atoms with E-state index in [4.69, 9.17) is 21.0 Å². The van der Waals surface area contributed by atoms with Gasteiger partial charge >= 0.3 is 7.12 Å². The van der Waals surface area contributed by atoms with Crippen LogP contribution in [0.25, 0.3) is 0 Å². The maximum atomic E-state index is 9.93. The lowest BCUT2D eigenvalue weighted by molar-refractivity contribution is 0.123. The number of aliphatic hydroxyl groups excluding tert-OH is 1. The summed E-state index contributed by atoms with van der Waals surface area (Å²) in [6.07, 6.45) is -0.0562. The predicted octanol–water partition coefficient (Wildman–Crippen LogP) is 1.27. The Morgan fingerprint density at radius 3 is 2.89 bits per heavy atom. The van der Waals surface area contributed by atoms with Crippen molar-refractivity contribution in [1.82, 2.24) is 0 Å². The van der Waals surface area contributed by atoms with Gasteiger partial charge in [0.15, 0.2) is 0 Å². The second-order valence-corrected chi connectivity index (χ2v) is 4.83. The van der Waals surface area contributed by atoms with Crippen LogP contribution in [0.4, 0.5) is 0 Å². The minimum absolute atomic E-state index is 0.164. The monoisotopic (exact) mass is 270 g/mol. The second kappa shape index (κ2) is 5.49. The molecule has 1 aromatic rings. The fourth-order valence-corrected chi connectivity index (χ4v) is 2.39. The van der Waals surface area contributed by atoms with E-state index in [0.717, 1.165) is 12.0 Å². The van der Waals surface area contributed by atoms with Crippen molar-refractivity contribution in [3.63, 3.8) is 0 Å². The average Bonchev–Trinajstić information content (AvgIpc) is 2.67. The fraction of sp³-hybridized carbons (Fsp3) is 0.500. The first-order valence-electron chi connectivity index (χ1n) is 6.01. The molecule has 2 N–H and O–H groups in total. The molecule has 18 heavy (non-hydrogen) atoms. The van der Waals surface area contributed by atoms with Crippen LogP contribution in [0.1, 0.15) is 31.9 Å². The van der Waals surface area contributed by atoms with Gasteiger partial charge in [-0.3, -0.25) is 0 Å². The molecule has 98 valence electrons. The maximum absolute atomic E-state index is 9.93. The van der Waals surface area contributed by atoms with Gasteiger partial charge in [-0.2, -0.15) is 0 Å². The van der Waals surface area contributed by atoms with Crippen LogP contribution < -0.4 is 10.2 Å². The van der Waals surface area contributed by atoms with E-state index in [1.807, 2.05) is 6.92 Å². The molecule has 0 radical (unpaired) electrons. The van der Waals surface area contributed by atoms with E-state index in [0.29, 0.717) is 16.2 Å². The topological polar surface area (TPSA) is 58.9 Å². The van der Waals surface area contributed by atoms with Gasteiger partial charge in [0.25, 0.3) is 0 Å². The summed E-state index contributed by atoms with van der Waals surface area (Å²) in [4.78, 5) is 0. The molecular weight excluding hydrogens is 254 g/mol. The van der Waals surface area contributed by atoms with E-state index in [1.165, 1.54) is 0 Å². The van der Waals surface area contributed by atoms with Crippen LogP contribution in [0.5, 0.6) is 5.75 Å². The molecule has 1 aliphatic rings. The molecule has 0 spiro atoms. The highest BCUT2D eigenvalue weighted by atomic mass is 35.5. The molecule has 4 nitrogen and oxygen atoms in total. The maximum Gasteiger partial charge on any atom is 0.495 e. The molecule has 2 rings (SSSR count). The third-order valence-electron chi connectivity index (χ3n) is 2.91. The van der Waals surface area contributed by atoms with Gasteiger partial charge in [0, 0.05) is 16.0 Å². The van der Waals surface area contributed by atoms with Gasteiger partial charge in [0.2, 0.25) is 0 Å². The zero-order valence-electron chi connectivity index (χ0n) is 10.4. The quantitative estimate of drug-likeness (QED) is 0.809. The number of hydrogen-bond donors (Lipinski definition) is 2. The molecule has 6 heteroatoms. The Hall–Kier alpha value is -0.745. The van der Waals surface area contributed by atoms with E-state index in [9.17, 15) is 10.1 Å². The molecule has 0 aliphatic carbocycles. The normalized spacial score (nSPS) is 19.8. The van der Waals surface area contributed by atoms with Gasteiger partial charge in [0.05, 0.1) is 12.2 Å². The number of hydrogen-bond acceptors (Lipinski definition) is 4. The van der Waals surface area contributed by atoms with Crippen molar-refractivity contribution in [1.29, 1.82) is 0 Å².